The Hall–Kier alpha value is -2.98. The van der Waals surface area contributed by atoms with Crippen molar-refractivity contribution in [1.29, 1.82) is 0 Å². The molecule has 3 rings (SSSR count). The molecule has 0 aliphatic rings. The first-order valence-electron chi connectivity index (χ1n) is 11.8. The van der Waals surface area contributed by atoms with Crippen LogP contribution in [-0.4, -0.2) is 47.7 Å². The Bertz CT molecular complexity index is 1270. The van der Waals surface area contributed by atoms with E-state index in [0.29, 0.717) is 12.8 Å². The maximum atomic E-state index is 13.0. The number of alkyl carbamates (subject to hydrolysis) is 1. The van der Waals surface area contributed by atoms with Gasteiger partial charge in [0.25, 0.3) is 0 Å². The van der Waals surface area contributed by atoms with E-state index in [2.05, 4.69) is 20.0 Å². The summed E-state index contributed by atoms with van der Waals surface area (Å²) in [4.78, 5) is 21.1. The number of aryl methyl sites for hydroxylation is 2. The van der Waals surface area contributed by atoms with Gasteiger partial charge in [-0.1, -0.05) is 26.0 Å². The lowest BCUT2D eigenvalue weighted by Crippen LogP contribution is -2.41. The number of carbonyl (C=O) groups is 1. The molecule has 2 aromatic heterocycles. The lowest BCUT2D eigenvalue weighted by atomic mass is 10.1. The number of benzene rings is 1. The van der Waals surface area contributed by atoms with Gasteiger partial charge in [0.05, 0.1) is 22.1 Å². The van der Waals surface area contributed by atoms with Gasteiger partial charge in [0.1, 0.15) is 17.9 Å². The van der Waals surface area contributed by atoms with Crippen molar-refractivity contribution in [1.82, 2.24) is 24.6 Å². The summed E-state index contributed by atoms with van der Waals surface area (Å²) in [6, 6.07) is 8.07. The van der Waals surface area contributed by atoms with Crippen LogP contribution in [0, 0.1) is 12.8 Å². The highest BCUT2D eigenvalue weighted by Crippen LogP contribution is 2.21. The van der Waals surface area contributed by atoms with Gasteiger partial charge in [-0.3, -0.25) is 4.98 Å². The summed E-state index contributed by atoms with van der Waals surface area (Å²) in [5.41, 5.74) is 3.63. The van der Waals surface area contributed by atoms with Crippen molar-refractivity contribution in [2.75, 3.05) is 6.61 Å². The van der Waals surface area contributed by atoms with E-state index in [9.17, 15) is 13.2 Å². The summed E-state index contributed by atoms with van der Waals surface area (Å²) in [5.74, 6) is 1.12. The molecule has 0 radical (unpaired) electrons. The number of fused-ring (bicyclic) bond motifs is 1. The normalized spacial score (nSPS) is 12.9. The highest BCUT2D eigenvalue weighted by molar-refractivity contribution is 7.89. The van der Waals surface area contributed by atoms with Crippen LogP contribution in [-0.2, 0) is 28.2 Å². The third kappa shape index (κ3) is 7.02. The highest BCUT2D eigenvalue weighted by Gasteiger charge is 2.23. The van der Waals surface area contributed by atoms with Crippen molar-refractivity contribution < 1.29 is 17.9 Å². The number of sulfonamides is 1. The van der Waals surface area contributed by atoms with E-state index in [1.165, 1.54) is 0 Å². The lowest BCUT2D eigenvalue weighted by molar-refractivity contribution is 0.131. The van der Waals surface area contributed by atoms with Crippen molar-refractivity contribution in [3.8, 4) is 0 Å². The van der Waals surface area contributed by atoms with Gasteiger partial charge in [0, 0.05) is 25.7 Å². The van der Waals surface area contributed by atoms with Crippen LogP contribution in [0.5, 0.6) is 0 Å². The Morgan fingerprint density at radius 1 is 1.11 bits per heavy atom. The van der Waals surface area contributed by atoms with Crippen molar-refractivity contribution in [3.63, 3.8) is 0 Å². The maximum absolute atomic E-state index is 13.0. The third-order valence-electron chi connectivity index (χ3n) is 5.60. The second kappa shape index (κ2) is 11.2. The van der Waals surface area contributed by atoms with E-state index in [-0.39, 0.29) is 23.5 Å². The molecule has 2 heterocycles. The Kier molecular flexibility index (Phi) is 8.50. The minimum absolute atomic E-state index is 0.0484. The number of imidazole rings is 1. The van der Waals surface area contributed by atoms with Gasteiger partial charge in [0.15, 0.2) is 0 Å². The molecule has 0 fully saturated rings. The zero-order valence-corrected chi connectivity index (χ0v) is 22.0. The monoisotopic (exact) mass is 501 g/mol. The van der Waals surface area contributed by atoms with Crippen LogP contribution in [0.4, 0.5) is 4.79 Å². The molecular formula is C25H35N5O4S. The number of nitrogens with one attached hydrogen (secondary N) is 2. The summed E-state index contributed by atoms with van der Waals surface area (Å²) in [6.07, 6.45) is 2.27. The Morgan fingerprint density at radius 3 is 2.43 bits per heavy atom. The summed E-state index contributed by atoms with van der Waals surface area (Å²) >= 11 is 0. The Balaban J connectivity index is 1.72. The van der Waals surface area contributed by atoms with E-state index >= 15 is 0 Å². The van der Waals surface area contributed by atoms with Gasteiger partial charge in [-0.15, -0.1) is 0 Å². The van der Waals surface area contributed by atoms with Crippen molar-refractivity contribution in [3.05, 3.63) is 53.6 Å². The molecule has 0 aliphatic carbocycles. The summed E-state index contributed by atoms with van der Waals surface area (Å²) in [5, 5.41) is 2.64. The number of carbonyl (C=O) groups excluding carboxylic acids is 1. The van der Waals surface area contributed by atoms with Gasteiger partial charge >= 0.3 is 6.09 Å². The standard InChI is InChI=1S/C25H35N5O4S/c1-16(2)13-20(15-34-25(31)27-17(3)4)29-35(32,33)21-9-7-19(8-10-21)14-22-24-23(11-12-26-22)30(6)18(5)28-24/h7-12,16-17,20,29H,13-15H2,1-6H3,(H,27,31)/t20-/m0/s1. The third-order valence-corrected chi connectivity index (χ3v) is 7.14. The van der Waals surface area contributed by atoms with Crippen LogP contribution >= 0.6 is 0 Å². The van der Waals surface area contributed by atoms with Gasteiger partial charge in [0.2, 0.25) is 10.0 Å². The molecule has 0 saturated carbocycles. The fourth-order valence-electron chi connectivity index (χ4n) is 3.86. The molecule has 0 bridgehead atoms. The van der Waals surface area contributed by atoms with Gasteiger partial charge in [-0.2, -0.15) is 0 Å². The van der Waals surface area contributed by atoms with Crippen molar-refractivity contribution >= 4 is 27.1 Å². The van der Waals surface area contributed by atoms with E-state index in [1.54, 1.807) is 30.5 Å². The Morgan fingerprint density at radius 2 is 1.80 bits per heavy atom. The molecule has 0 unspecified atom stereocenters. The average molecular weight is 502 g/mol. The smallest absolute Gasteiger partial charge is 0.407 e. The molecule has 0 aliphatic heterocycles. The van der Waals surface area contributed by atoms with E-state index in [1.807, 2.05) is 52.3 Å². The second-order valence-corrected chi connectivity index (χ2v) is 11.2. The molecule has 1 aromatic carbocycles. The molecule has 35 heavy (non-hydrogen) atoms. The molecule has 190 valence electrons. The number of amides is 1. The van der Waals surface area contributed by atoms with Crippen molar-refractivity contribution in [2.24, 2.45) is 13.0 Å². The zero-order valence-electron chi connectivity index (χ0n) is 21.2. The largest absolute Gasteiger partial charge is 0.448 e. The molecule has 0 saturated heterocycles. The van der Waals surface area contributed by atoms with E-state index < -0.39 is 22.2 Å². The highest BCUT2D eigenvalue weighted by atomic mass is 32.2. The van der Waals surface area contributed by atoms with Crippen LogP contribution in [0.25, 0.3) is 11.0 Å². The van der Waals surface area contributed by atoms with Gasteiger partial charge in [-0.25, -0.2) is 22.9 Å². The number of ether oxygens (including phenoxy) is 1. The zero-order chi connectivity index (χ0) is 25.8. The molecule has 10 heteroatoms. The summed E-state index contributed by atoms with van der Waals surface area (Å²) < 4.78 is 36.0. The van der Waals surface area contributed by atoms with E-state index in [0.717, 1.165) is 28.1 Å². The number of aromatic nitrogens is 3. The molecule has 3 aromatic rings. The van der Waals surface area contributed by atoms with Crippen molar-refractivity contribution in [2.45, 2.75) is 64.4 Å². The Labute approximate surface area is 207 Å². The molecule has 0 spiro atoms. The second-order valence-electron chi connectivity index (χ2n) is 9.51. The number of nitrogens with zero attached hydrogens (tertiary/aromatic N) is 3. The number of pyridine rings is 1. The fourth-order valence-corrected chi connectivity index (χ4v) is 5.09. The molecule has 2 N–H and O–H groups in total. The number of hydrogen-bond donors (Lipinski definition) is 2. The summed E-state index contributed by atoms with van der Waals surface area (Å²) in [6.45, 7) is 9.53. The minimum Gasteiger partial charge on any atom is -0.448 e. The lowest BCUT2D eigenvalue weighted by Gasteiger charge is -2.21. The number of rotatable bonds is 10. The van der Waals surface area contributed by atoms with Crippen LogP contribution in [0.15, 0.2) is 41.4 Å². The first-order valence-corrected chi connectivity index (χ1v) is 13.3. The minimum atomic E-state index is -3.80. The quantitative estimate of drug-likeness (QED) is 0.438. The summed E-state index contributed by atoms with van der Waals surface area (Å²) in [7, 11) is -1.83. The predicted octanol–water partition coefficient (Wildman–Crippen LogP) is 3.70. The molecule has 1 amide bonds. The first kappa shape index (κ1) is 26.6. The van der Waals surface area contributed by atoms with Crippen LogP contribution in [0.3, 0.4) is 0 Å². The first-order chi connectivity index (χ1) is 16.5. The van der Waals surface area contributed by atoms with Crippen LogP contribution in [0.2, 0.25) is 0 Å². The van der Waals surface area contributed by atoms with Crippen LogP contribution < -0.4 is 10.0 Å². The SMILES string of the molecule is Cc1nc2c(Cc3ccc(S(=O)(=O)N[C@H](COC(=O)NC(C)C)CC(C)C)cc3)nccc2n1C. The molecule has 9 nitrogen and oxygen atoms in total. The maximum Gasteiger partial charge on any atom is 0.407 e. The van der Waals surface area contributed by atoms with Gasteiger partial charge < -0.3 is 14.6 Å². The topological polar surface area (TPSA) is 115 Å². The average Bonchev–Trinajstić information content (AvgIpc) is 3.06. The fraction of sp³-hybridized carbons (Fsp3) is 0.480. The van der Waals surface area contributed by atoms with Gasteiger partial charge in [-0.05, 0) is 56.9 Å². The number of hydrogen-bond acceptors (Lipinski definition) is 6. The van der Waals surface area contributed by atoms with Crippen LogP contribution in [0.1, 0.15) is 51.2 Å². The predicted molar refractivity (Wildman–Crippen MR) is 136 cm³/mol. The van der Waals surface area contributed by atoms with E-state index in [4.69, 9.17) is 4.74 Å². The molecule has 1 atom stereocenters. The molecular weight excluding hydrogens is 466 g/mol.